The Kier molecular flexibility index (Phi) is 7.15. The summed E-state index contributed by atoms with van der Waals surface area (Å²) < 4.78 is 21.4. The summed E-state index contributed by atoms with van der Waals surface area (Å²) in [6.45, 7) is 1.82. The third kappa shape index (κ3) is 5.71. The van der Waals surface area contributed by atoms with E-state index in [1.54, 1.807) is 41.9 Å². The number of nitrogens with one attached hydrogen (secondary N) is 1. The average molecular weight is 500 g/mol. The fraction of sp³-hybridized carbons (Fsp3) is 0.211. The molecule has 0 fully saturated rings. The molecule has 1 unspecified atom stereocenters. The lowest BCUT2D eigenvalue weighted by atomic mass is 10.3. The Bertz CT molecular complexity index is 1020. The molecule has 0 aliphatic rings. The van der Waals surface area contributed by atoms with Gasteiger partial charge >= 0.3 is 0 Å². The number of halogens is 3. The number of hydrogen-bond acceptors (Lipinski definition) is 5. The lowest BCUT2D eigenvalue weighted by Crippen LogP contribution is -2.15. The van der Waals surface area contributed by atoms with Gasteiger partial charge < -0.3 is 14.6 Å². The predicted molar refractivity (Wildman–Crippen MR) is 115 cm³/mol. The molecule has 0 radical (unpaired) electrons. The van der Waals surface area contributed by atoms with Crippen LogP contribution < -0.4 is 10.1 Å². The number of nitrogens with zero attached hydrogens (tertiary/aromatic N) is 3. The van der Waals surface area contributed by atoms with Crippen LogP contribution in [0, 0.1) is 5.82 Å². The topological polar surface area (TPSA) is 69.0 Å². The summed E-state index contributed by atoms with van der Waals surface area (Å²) in [4.78, 5) is 12.2. The van der Waals surface area contributed by atoms with Gasteiger partial charge in [0, 0.05) is 11.5 Å². The Hall–Kier alpha value is -2.10. The van der Waals surface area contributed by atoms with E-state index in [1.165, 1.54) is 23.9 Å². The third-order valence-electron chi connectivity index (χ3n) is 3.90. The number of aromatic nitrogens is 3. The van der Waals surface area contributed by atoms with Crippen molar-refractivity contribution in [3.63, 3.8) is 0 Å². The van der Waals surface area contributed by atoms with Crippen molar-refractivity contribution in [2.24, 2.45) is 7.05 Å². The van der Waals surface area contributed by atoms with E-state index < -0.39 is 6.10 Å². The van der Waals surface area contributed by atoms with Crippen molar-refractivity contribution in [2.75, 3.05) is 11.1 Å². The maximum atomic E-state index is 13.0. The van der Waals surface area contributed by atoms with Gasteiger partial charge in [-0.25, -0.2) is 4.39 Å². The van der Waals surface area contributed by atoms with Gasteiger partial charge in [0.2, 0.25) is 5.91 Å². The zero-order valence-electron chi connectivity index (χ0n) is 15.5. The second kappa shape index (κ2) is 9.60. The van der Waals surface area contributed by atoms with Crippen LogP contribution in [0.15, 0.2) is 52.1 Å². The number of thioether (sulfide) groups is 1. The van der Waals surface area contributed by atoms with Gasteiger partial charge in [0.25, 0.3) is 0 Å². The monoisotopic (exact) mass is 498 g/mol. The highest BCUT2D eigenvalue weighted by atomic mass is 79.9. The Balaban J connectivity index is 1.58. The lowest BCUT2D eigenvalue weighted by Gasteiger charge is -2.14. The lowest BCUT2D eigenvalue weighted by molar-refractivity contribution is -0.113. The number of carbonyl (C=O) groups excluding carboxylic acids is 1. The minimum atomic E-state index is -0.400. The number of anilines is 1. The Labute approximate surface area is 184 Å². The van der Waals surface area contributed by atoms with Crippen LogP contribution >= 0.6 is 39.3 Å². The molecular formula is C19H17BrClFN4O2S. The zero-order valence-corrected chi connectivity index (χ0v) is 18.7. The maximum absolute atomic E-state index is 13.0. The Morgan fingerprint density at radius 3 is 2.72 bits per heavy atom. The van der Waals surface area contributed by atoms with Crippen molar-refractivity contribution in [1.82, 2.24) is 14.8 Å². The molecule has 0 saturated heterocycles. The van der Waals surface area contributed by atoms with Crippen LogP contribution in [0.2, 0.25) is 5.02 Å². The third-order valence-corrected chi connectivity index (χ3v) is 5.72. The van der Waals surface area contributed by atoms with Crippen molar-refractivity contribution >= 4 is 50.9 Å². The number of hydrogen-bond donors (Lipinski definition) is 1. The predicted octanol–water partition coefficient (Wildman–Crippen LogP) is 5.24. The van der Waals surface area contributed by atoms with E-state index in [0.29, 0.717) is 27.4 Å². The first-order valence-corrected chi connectivity index (χ1v) is 10.7. The summed E-state index contributed by atoms with van der Waals surface area (Å²) in [6.07, 6.45) is -0.400. The summed E-state index contributed by atoms with van der Waals surface area (Å²) in [5.74, 6) is 0.727. The maximum Gasteiger partial charge on any atom is 0.234 e. The summed E-state index contributed by atoms with van der Waals surface area (Å²) in [5.41, 5.74) is 0.542. The molecule has 6 nitrogen and oxygen atoms in total. The molecule has 1 heterocycles. The van der Waals surface area contributed by atoms with Gasteiger partial charge in [-0.15, -0.1) is 10.2 Å². The molecule has 1 amide bonds. The normalized spacial score (nSPS) is 11.9. The summed E-state index contributed by atoms with van der Waals surface area (Å²) in [6, 6.07) is 11.0. The standard InChI is InChI=1S/C19H17BrClFN4O2S/c1-11(28-14-6-4-13(22)5-7-14)18-24-25-19(26(18)2)29-10-17(27)23-16-8-3-12(20)9-15(16)21/h3-9,11H,10H2,1-2H3,(H,23,27). The van der Waals surface area contributed by atoms with Crippen LogP contribution in [0.25, 0.3) is 0 Å². The van der Waals surface area contributed by atoms with E-state index in [1.807, 2.05) is 6.92 Å². The Morgan fingerprint density at radius 1 is 1.31 bits per heavy atom. The minimum absolute atomic E-state index is 0.144. The van der Waals surface area contributed by atoms with Crippen molar-refractivity contribution in [3.05, 3.63) is 63.6 Å². The summed E-state index contributed by atoms with van der Waals surface area (Å²) in [7, 11) is 1.80. The molecule has 0 aliphatic heterocycles. The van der Waals surface area contributed by atoms with Crippen LogP contribution in [-0.2, 0) is 11.8 Å². The first kappa shape index (κ1) is 21.6. The van der Waals surface area contributed by atoms with Gasteiger partial charge in [-0.1, -0.05) is 39.3 Å². The van der Waals surface area contributed by atoms with Gasteiger partial charge in [0.1, 0.15) is 11.6 Å². The SMILES string of the molecule is CC(Oc1ccc(F)cc1)c1nnc(SCC(=O)Nc2ccc(Br)cc2Cl)n1C. The van der Waals surface area contributed by atoms with E-state index >= 15 is 0 Å². The molecule has 10 heteroatoms. The van der Waals surface area contributed by atoms with Crippen molar-refractivity contribution in [2.45, 2.75) is 18.2 Å². The van der Waals surface area contributed by atoms with Gasteiger partial charge in [-0.2, -0.15) is 0 Å². The summed E-state index contributed by atoms with van der Waals surface area (Å²) >= 11 is 10.7. The first-order chi connectivity index (χ1) is 13.8. The van der Waals surface area contributed by atoms with E-state index in [4.69, 9.17) is 16.3 Å². The Morgan fingerprint density at radius 2 is 2.03 bits per heavy atom. The molecule has 0 spiro atoms. The summed E-state index contributed by atoms with van der Waals surface area (Å²) in [5, 5.41) is 12.1. The molecule has 1 N–H and O–H groups in total. The molecule has 0 saturated carbocycles. The highest BCUT2D eigenvalue weighted by molar-refractivity contribution is 9.10. The molecule has 3 aromatic rings. The minimum Gasteiger partial charge on any atom is -0.483 e. The molecule has 1 atom stereocenters. The van der Waals surface area contributed by atoms with Crippen molar-refractivity contribution in [1.29, 1.82) is 0 Å². The molecule has 29 heavy (non-hydrogen) atoms. The number of rotatable bonds is 7. The van der Waals surface area contributed by atoms with Gasteiger partial charge in [-0.05, 0) is 49.4 Å². The quantitative estimate of drug-likeness (QED) is 0.450. The van der Waals surface area contributed by atoms with E-state index in [0.717, 1.165) is 4.47 Å². The van der Waals surface area contributed by atoms with Crippen LogP contribution in [0.3, 0.4) is 0 Å². The van der Waals surface area contributed by atoms with Crippen LogP contribution in [0.4, 0.5) is 10.1 Å². The highest BCUT2D eigenvalue weighted by Crippen LogP contribution is 2.27. The fourth-order valence-corrected chi connectivity index (χ4v) is 3.92. The number of benzene rings is 2. The largest absolute Gasteiger partial charge is 0.483 e. The van der Waals surface area contributed by atoms with Crippen LogP contribution in [0.5, 0.6) is 5.75 Å². The molecular weight excluding hydrogens is 483 g/mol. The fourth-order valence-electron chi connectivity index (χ4n) is 2.48. The van der Waals surface area contributed by atoms with Gasteiger partial charge in [0.15, 0.2) is 17.1 Å². The second-order valence-corrected chi connectivity index (χ2v) is 8.34. The first-order valence-electron chi connectivity index (χ1n) is 8.52. The second-order valence-electron chi connectivity index (χ2n) is 6.07. The number of ether oxygens (including phenoxy) is 1. The van der Waals surface area contributed by atoms with Crippen molar-refractivity contribution < 1.29 is 13.9 Å². The molecule has 0 bridgehead atoms. The molecule has 152 valence electrons. The van der Waals surface area contributed by atoms with E-state index in [9.17, 15) is 9.18 Å². The van der Waals surface area contributed by atoms with Crippen LogP contribution in [0.1, 0.15) is 18.9 Å². The molecule has 1 aromatic heterocycles. The van der Waals surface area contributed by atoms with Gasteiger partial charge in [0.05, 0.1) is 16.5 Å². The number of carbonyl (C=O) groups is 1. The van der Waals surface area contributed by atoms with Crippen LogP contribution in [-0.4, -0.2) is 26.4 Å². The van der Waals surface area contributed by atoms with E-state index in [2.05, 4.69) is 31.4 Å². The highest BCUT2D eigenvalue weighted by Gasteiger charge is 2.18. The zero-order chi connectivity index (χ0) is 21.0. The average Bonchev–Trinajstić information content (AvgIpc) is 3.05. The molecule has 0 aliphatic carbocycles. The van der Waals surface area contributed by atoms with Gasteiger partial charge in [-0.3, -0.25) is 4.79 Å². The van der Waals surface area contributed by atoms with E-state index in [-0.39, 0.29) is 17.5 Å². The van der Waals surface area contributed by atoms with Crippen molar-refractivity contribution in [3.8, 4) is 5.75 Å². The smallest absolute Gasteiger partial charge is 0.234 e. The molecule has 2 aromatic carbocycles. The number of amides is 1. The molecule has 3 rings (SSSR count).